The van der Waals surface area contributed by atoms with Gasteiger partial charge in [-0.2, -0.15) is 0 Å². The first-order chi connectivity index (χ1) is 11.8. The van der Waals surface area contributed by atoms with Crippen LogP contribution in [0.25, 0.3) is 0 Å². The zero-order valence-electron chi connectivity index (χ0n) is 13.1. The van der Waals surface area contributed by atoms with Crippen LogP contribution in [0, 0.1) is 10.1 Å². The lowest BCUT2D eigenvalue weighted by atomic mass is 10.1. The Labute approximate surface area is 154 Å². The largest absolute Gasteiger partial charge is 0.333 e. The summed E-state index contributed by atoms with van der Waals surface area (Å²) in [6, 6.07) is 8.95. The number of fused-ring (bicyclic) bond motifs is 1. The van der Waals surface area contributed by atoms with E-state index >= 15 is 0 Å². The molecule has 0 spiro atoms. The van der Waals surface area contributed by atoms with Gasteiger partial charge in [0.15, 0.2) is 0 Å². The Bertz CT molecular complexity index is 857. The highest BCUT2D eigenvalue weighted by Gasteiger charge is 2.28. The van der Waals surface area contributed by atoms with Crippen molar-refractivity contribution in [1.29, 1.82) is 0 Å². The molecule has 2 aromatic carbocycles. The van der Waals surface area contributed by atoms with Crippen molar-refractivity contribution in [2.24, 2.45) is 5.73 Å². The summed E-state index contributed by atoms with van der Waals surface area (Å²) >= 11 is 12.0. The molecule has 1 atom stereocenters. The number of rotatable bonds is 4. The van der Waals surface area contributed by atoms with Crippen molar-refractivity contribution in [3.8, 4) is 0 Å². The quantitative estimate of drug-likeness (QED) is 0.651. The molecular formula is C17H15Cl2N3O3. The molecular weight excluding hydrogens is 365 g/mol. The standard InChI is InChI=1S/C17H15Cl2N3O3/c18-13-3-1-10(15(19)7-13)6-16(20)17(23)21-8-11-2-4-14(22(24)25)5-12(11)9-21/h1-5,7,16H,6,8-9,20H2. The van der Waals surface area contributed by atoms with Crippen molar-refractivity contribution < 1.29 is 9.72 Å². The van der Waals surface area contributed by atoms with E-state index in [-0.39, 0.29) is 11.6 Å². The van der Waals surface area contributed by atoms with Gasteiger partial charge >= 0.3 is 0 Å². The van der Waals surface area contributed by atoms with Crippen molar-refractivity contribution in [3.05, 3.63) is 73.2 Å². The summed E-state index contributed by atoms with van der Waals surface area (Å²) in [5, 5.41) is 11.9. The third kappa shape index (κ3) is 3.76. The Kier molecular flexibility index (Phi) is 4.94. The van der Waals surface area contributed by atoms with Gasteiger partial charge in [-0.15, -0.1) is 0 Å². The maximum atomic E-state index is 12.6. The number of hydrogen-bond donors (Lipinski definition) is 1. The van der Waals surface area contributed by atoms with Crippen LogP contribution in [0.1, 0.15) is 16.7 Å². The smallest absolute Gasteiger partial charge is 0.269 e. The molecule has 0 bridgehead atoms. The number of nitrogens with zero attached hydrogens (tertiary/aromatic N) is 2. The van der Waals surface area contributed by atoms with Gasteiger partial charge in [-0.3, -0.25) is 14.9 Å². The summed E-state index contributed by atoms with van der Waals surface area (Å²) in [4.78, 5) is 24.6. The lowest BCUT2D eigenvalue weighted by molar-refractivity contribution is -0.384. The zero-order chi connectivity index (χ0) is 18.1. The second-order valence-electron chi connectivity index (χ2n) is 5.95. The Morgan fingerprint density at radius 1 is 1.20 bits per heavy atom. The number of hydrogen-bond acceptors (Lipinski definition) is 4. The molecule has 25 heavy (non-hydrogen) atoms. The number of carbonyl (C=O) groups excluding carboxylic acids is 1. The fourth-order valence-corrected chi connectivity index (χ4v) is 3.38. The fraction of sp³-hybridized carbons (Fsp3) is 0.235. The number of carbonyl (C=O) groups is 1. The van der Waals surface area contributed by atoms with E-state index in [1.165, 1.54) is 12.1 Å². The molecule has 2 aromatic rings. The Balaban J connectivity index is 1.70. The second-order valence-corrected chi connectivity index (χ2v) is 6.79. The molecule has 1 unspecified atom stereocenters. The van der Waals surface area contributed by atoms with Gasteiger partial charge < -0.3 is 10.6 Å². The van der Waals surface area contributed by atoms with E-state index in [4.69, 9.17) is 28.9 Å². The maximum absolute atomic E-state index is 12.6. The van der Waals surface area contributed by atoms with Crippen LogP contribution in [0.3, 0.4) is 0 Å². The molecule has 0 radical (unpaired) electrons. The van der Waals surface area contributed by atoms with E-state index in [1.807, 2.05) is 0 Å². The summed E-state index contributed by atoms with van der Waals surface area (Å²) in [6.45, 7) is 0.714. The van der Waals surface area contributed by atoms with Gasteiger partial charge in [0.2, 0.25) is 5.91 Å². The van der Waals surface area contributed by atoms with Crippen LogP contribution < -0.4 is 5.73 Å². The highest BCUT2D eigenvalue weighted by Crippen LogP contribution is 2.28. The number of non-ortho nitro benzene ring substituents is 1. The predicted molar refractivity (Wildman–Crippen MR) is 95.5 cm³/mol. The molecule has 1 amide bonds. The average Bonchev–Trinajstić information content (AvgIpc) is 2.99. The lowest BCUT2D eigenvalue weighted by Crippen LogP contribution is -2.42. The summed E-state index contributed by atoms with van der Waals surface area (Å²) in [7, 11) is 0. The first-order valence-corrected chi connectivity index (χ1v) is 8.35. The number of halogens is 2. The van der Waals surface area contributed by atoms with Crippen molar-refractivity contribution in [2.45, 2.75) is 25.6 Å². The lowest BCUT2D eigenvalue weighted by Gasteiger charge is -2.20. The van der Waals surface area contributed by atoms with Crippen LogP contribution in [0.5, 0.6) is 0 Å². The van der Waals surface area contributed by atoms with Gasteiger partial charge in [0, 0.05) is 35.3 Å². The number of nitro groups is 1. The molecule has 1 aliphatic rings. The fourth-order valence-electron chi connectivity index (χ4n) is 2.90. The molecule has 0 saturated carbocycles. The van der Waals surface area contributed by atoms with Crippen molar-refractivity contribution >= 4 is 34.8 Å². The van der Waals surface area contributed by atoms with Gasteiger partial charge in [0.1, 0.15) is 0 Å². The molecule has 1 aliphatic heterocycles. The van der Waals surface area contributed by atoms with Crippen molar-refractivity contribution in [2.75, 3.05) is 0 Å². The van der Waals surface area contributed by atoms with E-state index in [1.54, 1.807) is 29.2 Å². The first-order valence-electron chi connectivity index (χ1n) is 7.59. The Morgan fingerprint density at radius 2 is 1.92 bits per heavy atom. The molecule has 2 N–H and O–H groups in total. The van der Waals surface area contributed by atoms with E-state index < -0.39 is 11.0 Å². The predicted octanol–water partition coefficient (Wildman–Crippen LogP) is 3.31. The summed E-state index contributed by atoms with van der Waals surface area (Å²) in [5.74, 6) is -0.218. The summed E-state index contributed by atoms with van der Waals surface area (Å²) in [6.07, 6.45) is 0.293. The van der Waals surface area contributed by atoms with Crippen LogP contribution in [0.4, 0.5) is 5.69 Å². The molecule has 0 saturated heterocycles. The molecule has 6 nitrogen and oxygen atoms in total. The van der Waals surface area contributed by atoms with Crippen LogP contribution in [0.15, 0.2) is 36.4 Å². The number of benzene rings is 2. The van der Waals surface area contributed by atoms with Crippen molar-refractivity contribution in [1.82, 2.24) is 4.90 Å². The minimum Gasteiger partial charge on any atom is -0.333 e. The summed E-state index contributed by atoms with van der Waals surface area (Å²) < 4.78 is 0. The molecule has 8 heteroatoms. The third-order valence-electron chi connectivity index (χ3n) is 4.21. The minimum atomic E-state index is -0.747. The van der Waals surface area contributed by atoms with E-state index in [9.17, 15) is 14.9 Å². The average molecular weight is 380 g/mol. The molecule has 130 valence electrons. The van der Waals surface area contributed by atoms with Crippen molar-refractivity contribution in [3.63, 3.8) is 0 Å². The Morgan fingerprint density at radius 3 is 2.60 bits per heavy atom. The third-order valence-corrected chi connectivity index (χ3v) is 4.79. The Hall–Kier alpha value is -2.15. The molecule has 0 fully saturated rings. The minimum absolute atomic E-state index is 0.0188. The van der Waals surface area contributed by atoms with Gasteiger partial charge in [-0.05, 0) is 35.2 Å². The molecule has 0 aliphatic carbocycles. The number of nitro benzene ring substituents is 1. The van der Waals surface area contributed by atoms with Gasteiger partial charge in [0.05, 0.1) is 11.0 Å². The first kappa shape index (κ1) is 17.7. The van der Waals surface area contributed by atoms with Gasteiger partial charge in [-0.1, -0.05) is 35.3 Å². The van der Waals surface area contributed by atoms with E-state index in [0.717, 1.165) is 16.7 Å². The van der Waals surface area contributed by atoms with Gasteiger partial charge in [0.25, 0.3) is 5.69 Å². The molecule has 0 aromatic heterocycles. The number of amides is 1. The van der Waals surface area contributed by atoms with Crippen LogP contribution in [-0.2, 0) is 24.3 Å². The highest BCUT2D eigenvalue weighted by molar-refractivity contribution is 6.35. The van der Waals surface area contributed by atoms with Crippen LogP contribution >= 0.6 is 23.2 Å². The highest BCUT2D eigenvalue weighted by atomic mass is 35.5. The summed E-state index contributed by atoms with van der Waals surface area (Å²) in [5.41, 5.74) is 8.50. The van der Waals surface area contributed by atoms with Gasteiger partial charge in [-0.25, -0.2) is 0 Å². The van der Waals surface area contributed by atoms with Crippen LogP contribution in [-0.4, -0.2) is 21.8 Å². The topological polar surface area (TPSA) is 89.5 Å². The van der Waals surface area contributed by atoms with Crippen LogP contribution in [0.2, 0.25) is 10.0 Å². The maximum Gasteiger partial charge on any atom is 0.269 e. The van der Waals surface area contributed by atoms with E-state index in [2.05, 4.69) is 0 Å². The molecule has 1 heterocycles. The zero-order valence-corrected chi connectivity index (χ0v) is 14.6. The molecule has 3 rings (SSSR count). The normalized spacial score (nSPS) is 14.3. The van der Waals surface area contributed by atoms with E-state index in [0.29, 0.717) is 29.6 Å². The SMILES string of the molecule is NC(Cc1ccc(Cl)cc1Cl)C(=O)N1Cc2ccc([N+](=O)[O-])cc2C1. The number of nitrogens with two attached hydrogens (primary N) is 1. The monoisotopic (exact) mass is 379 g/mol. The second kappa shape index (κ2) is 7.00.